The van der Waals surface area contributed by atoms with Crippen LogP contribution >= 0.6 is 12.4 Å². The van der Waals surface area contributed by atoms with Crippen LogP contribution in [0.1, 0.15) is 18.4 Å². The number of carbonyl (C=O) groups excluding carboxylic acids is 1. The van der Waals surface area contributed by atoms with Crippen LogP contribution in [-0.2, 0) is 11.2 Å². The molecule has 1 aromatic rings. The van der Waals surface area contributed by atoms with E-state index in [1.807, 2.05) is 37.4 Å². The van der Waals surface area contributed by atoms with Crippen molar-refractivity contribution in [3.8, 4) is 0 Å². The maximum Gasteiger partial charge on any atom is 0.220 e. The molecule has 0 aliphatic heterocycles. The van der Waals surface area contributed by atoms with Crippen molar-refractivity contribution in [3.05, 3.63) is 35.9 Å². The Balaban J connectivity index is 0.00000324. The van der Waals surface area contributed by atoms with Gasteiger partial charge in [0.1, 0.15) is 0 Å². The largest absolute Gasteiger partial charge is 0.391 e. The van der Waals surface area contributed by atoms with Gasteiger partial charge >= 0.3 is 0 Å². The smallest absolute Gasteiger partial charge is 0.220 e. The van der Waals surface area contributed by atoms with E-state index in [2.05, 4.69) is 10.6 Å². The van der Waals surface area contributed by atoms with E-state index in [0.29, 0.717) is 19.4 Å². The number of carbonyl (C=O) groups is 1. The summed E-state index contributed by atoms with van der Waals surface area (Å²) in [5.74, 6) is -0.00244. The molecular formula is C14H23ClN2O2. The minimum atomic E-state index is -0.527. The first-order valence-corrected chi connectivity index (χ1v) is 6.35. The fourth-order valence-electron chi connectivity index (χ4n) is 1.70. The van der Waals surface area contributed by atoms with Gasteiger partial charge in [0, 0.05) is 19.4 Å². The second kappa shape index (κ2) is 10.8. The zero-order valence-electron chi connectivity index (χ0n) is 11.3. The van der Waals surface area contributed by atoms with Crippen molar-refractivity contribution < 1.29 is 9.90 Å². The Kier molecular flexibility index (Phi) is 10.2. The van der Waals surface area contributed by atoms with Gasteiger partial charge in [0.25, 0.3) is 0 Å². The number of nitrogens with one attached hydrogen (secondary N) is 2. The van der Waals surface area contributed by atoms with Gasteiger partial charge in [-0.3, -0.25) is 4.79 Å². The lowest BCUT2D eigenvalue weighted by atomic mass is 10.1. The number of amides is 1. The summed E-state index contributed by atoms with van der Waals surface area (Å²) in [6, 6.07) is 9.77. The number of hydrogen-bond acceptors (Lipinski definition) is 3. The Morgan fingerprint density at radius 2 is 2.00 bits per heavy atom. The minimum Gasteiger partial charge on any atom is -0.391 e. The van der Waals surface area contributed by atoms with Crippen molar-refractivity contribution >= 4 is 18.3 Å². The molecule has 5 heteroatoms. The highest BCUT2D eigenvalue weighted by Gasteiger charge is 2.07. The number of benzene rings is 1. The van der Waals surface area contributed by atoms with Crippen molar-refractivity contribution in [1.29, 1.82) is 0 Å². The quantitative estimate of drug-likeness (QED) is 0.628. The van der Waals surface area contributed by atoms with Gasteiger partial charge in [0.15, 0.2) is 0 Å². The van der Waals surface area contributed by atoms with Crippen LogP contribution < -0.4 is 10.6 Å². The molecular weight excluding hydrogens is 264 g/mol. The van der Waals surface area contributed by atoms with E-state index in [0.717, 1.165) is 18.5 Å². The summed E-state index contributed by atoms with van der Waals surface area (Å²) in [5.41, 5.74) is 1.08. The van der Waals surface area contributed by atoms with Gasteiger partial charge in [0.05, 0.1) is 6.10 Å². The zero-order valence-corrected chi connectivity index (χ0v) is 12.1. The van der Waals surface area contributed by atoms with Crippen LogP contribution in [0.15, 0.2) is 30.3 Å². The summed E-state index contributed by atoms with van der Waals surface area (Å²) in [6.45, 7) is 1.15. The third-order valence-electron chi connectivity index (χ3n) is 2.68. The topological polar surface area (TPSA) is 61.4 Å². The predicted octanol–water partition coefficient (Wildman–Crippen LogP) is 1.13. The average molecular weight is 287 g/mol. The van der Waals surface area contributed by atoms with Crippen molar-refractivity contribution in [2.24, 2.45) is 0 Å². The fraction of sp³-hybridized carbons (Fsp3) is 0.500. The first-order chi connectivity index (χ1) is 8.72. The van der Waals surface area contributed by atoms with Crippen LogP contribution in [0.5, 0.6) is 0 Å². The molecule has 19 heavy (non-hydrogen) atoms. The van der Waals surface area contributed by atoms with Crippen LogP contribution in [0.3, 0.4) is 0 Å². The van der Waals surface area contributed by atoms with Crippen molar-refractivity contribution in [2.75, 3.05) is 20.1 Å². The van der Waals surface area contributed by atoms with Gasteiger partial charge < -0.3 is 15.7 Å². The number of aliphatic hydroxyl groups excluding tert-OH is 1. The molecule has 1 aromatic carbocycles. The van der Waals surface area contributed by atoms with Gasteiger partial charge in [-0.15, -0.1) is 12.4 Å². The van der Waals surface area contributed by atoms with Gasteiger partial charge in [-0.05, 0) is 25.6 Å². The second-order valence-corrected chi connectivity index (χ2v) is 4.35. The highest BCUT2D eigenvalue weighted by Crippen LogP contribution is 2.02. The summed E-state index contributed by atoms with van der Waals surface area (Å²) >= 11 is 0. The molecule has 1 atom stereocenters. The fourth-order valence-corrected chi connectivity index (χ4v) is 1.70. The normalized spacial score (nSPS) is 11.5. The molecule has 3 N–H and O–H groups in total. The van der Waals surface area contributed by atoms with Gasteiger partial charge in [-0.2, -0.15) is 0 Å². The average Bonchev–Trinajstić information content (AvgIpc) is 2.38. The lowest BCUT2D eigenvalue weighted by Gasteiger charge is -2.12. The summed E-state index contributed by atoms with van der Waals surface area (Å²) in [7, 11) is 1.86. The van der Waals surface area contributed by atoms with E-state index in [4.69, 9.17) is 0 Å². The van der Waals surface area contributed by atoms with Crippen LogP contribution in [0.2, 0.25) is 0 Å². The lowest BCUT2D eigenvalue weighted by Crippen LogP contribution is -2.33. The molecule has 108 valence electrons. The molecule has 1 rings (SSSR count). The van der Waals surface area contributed by atoms with Crippen molar-refractivity contribution in [3.63, 3.8) is 0 Å². The number of rotatable bonds is 8. The summed E-state index contributed by atoms with van der Waals surface area (Å²) < 4.78 is 0. The maximum atomic E-state index is 11.4. The molecule has 0 heterocycles. The van der Waals surface area contributed by atoms with Gasteiger partial charge in [-0.1, -0.05) is 30.3 Å². The Hall–Kier alpha value is -1.10. The van der Waals surface area contributed by atoms with E-state index >= 15 is 0 Å². The van der Waals surface area contributed by atoms with E-state index < -0.39 is 6.10 Å². The molecule has 1 amide bonds. The van der Waals surface area contributed by atoms with E-state index in [-0.39, 0.29) is 18.3 Å². The van der Waals surface area contributed by atoms with Crippen LogP contribution in [0.4, 0.5) is 0 Å². The highest BCUT2D eigenvalue weighted by atomic mass is 35.5. The van der Waals surface area contributed by atoms with Gasteiger partial charge in [-0.25, -0.2) is 0 Å². The van der Waals surface area contributed by atoms with Crippen molar-refractivity contribution in [2.45, 2.75) is 25.4 Å². The van der Waals surface area contributed by atoms with Crippen LogP contribution in [0.25, 0.3) is 0 Å². The maximum absolute atomic E-state index is 11.4. The number of halogens is 1. The first-order valence-electron chi connectivity index (χ1n) is 6.35. The molecule has 0 fully saturated rings. The third-order valence-corrected chi connectivity index (χ3v) is 2.68. The first kappa shape index (κ1) is 17.9. The summed E-state index contributed by atoms with van der Waals surface area (Å²) in [5, 5.41) is 15.5. The monoisotopic (exact) mass is 286 g/mol. The summed E-state index contributed by atoms with van der Waals surface area (Å²) in [6.07, 6.45) is 1.36. The molecule has 0 bridgehead atoms. The minimum absolute atomic E-state index is 0. The Morgan fingerprint density at radius 1 is 1.32 bits per heavy atom. The number of aliphatic hydroxyl groups is 1. The lowest BCUT2D eigenvalue weighted by molar-refractivity contribution is -0.121. The van der Waals surface area contributed by atoms with Gasteiger partial charge in [0.2, 0.25) is 5.91 Å². The molecule has 0 aliphatic rings. The number of hydrogen-bond donors (Lipinski definition) is 3. The Morgan fingerprint density at radius 3 is 2.63 bits per heavy atom. The van der Waals surface area contributed by atoms with E-state index in [1.165, 1.54) is 0 Å². The van der Waals surface area contributed by atoms with Crippen LogP contribution in [-0.4, -0.2) is 37.3 Å². The molecule has 1 unspecified atom stereocenters. The molecule has 0 radical (unpaired) electrons. The molecule has 4 nitrogen and oxygen atoms in total. The van der Waals surface area contributed by atoms with Crippen molar-refractivity contribution in [1.82, 2.24) is 10.6 Å². The third kappa shape index (κ3) is 8.59. The molecule has 0 spiro atoms. The summed E-state index contributed by atoms with van der Waals surface area (Å²) in [4.78, 5) is 11.4. The van der Waals surface area contributed by atoms with E-state index in [9.17, 15) is 9.90 Å². The molecule has 0 aromatic heterocycles. The Labute approximate surface area is 121 Å². The predicted molar refractivity (Wildman–Crippen MR) is 79.6 cm³/mol. The SMILES string of the molecule is CNCCCC(=O)NCC(O)Cc1ccccc1.Cl. The van der Waals surface area contributed by atoms with Crippen LogP contribution in [0, 0.1) is 0 Å². The highest BCUT2D eigenvalue weighted by molar-refractivity contribution is 5.85. The zero-order chi connectivity index (χ0) is 13.2. The second-order valence-electron chi connectivity index (χ2n) is 4.35. The molecule has 0 saturated heterocycles. The van der Waals surface area contributed by atoms with E-state index in [1.54, 1.807) is 0 Å². The standard InChI is InChI=1S/C14H22N2O2.ClH/c1-15-9-5-8-14(18)16-11-13(17)10-12-6-3-2-4-7-12;/h2-4,6-7,13,15,17H,5,8-11H2,1H3,(H,16,18);1H. The molecule has 0 saturated carbocycles. The molecule has 0 aliphatic carbocycles. The Bertz CT molecular complexity index is 347.